The summed E-state index contributed by atoms with van der Waals surface area (Å²) in [6.45, 7) is 8.00. The third-order valence-corrected chi connectivity index (χ3v) is 6.70. The van der Waals surface area contributed by atoms with E-state index in [1.54, 1.807) is 11.3 Å². The van der Waals surface area contributed by atoms with Crippen molar-refractivity contribution in [1.82, 2.24) is 0 Å². The molecule has 30 heavy (non-hydrogen) atoms. The fourth-order valence-corrected chi connectivity index (χ4v) is 4.14. The van der Waals surface area contributed by atoms with E-state index >= 15 is 0 Å². The van der Waals surface area contributed by atoms with Gasteiger partial charge in [-0.3, -0.25) is 4.79 Å². The Kier molecular flexibility index (Phi) is 16.4. The van der Waals surface area contributed by atoms with Crippen LogP contribution in [0.15, 0.2) is 17.5 Å². The van der Waals surface area contributed by atoms with Crippen LogP contribution in [0.2, 0.25) is 0 Å². The fraction of sp³-hybridized carbons (Fsp3) is 0.783. The molecule has 0 N–H and O–H groups in total. The average Bonchev–Trinajstić information content (AvgIpc) is 3.41. The molecule has 1 aromatic rings. The van der Waals surface area contributed by atoms with Crippen LogP contribution in [0, 0.1) is 5.41 Å². The number of hydrogen-bond acceptors (Lipinski definition) is 5. The van der Waals surface area contributed by atoms with Crippen LogP contribution in [0.1, 0.15) is 103 Å². The van der Waals surface area contributed by atoms with Crippen molar-refractivity contribution in [3.05, 3.63) is 22.4 Å². The van der Waals surface area contributed by atoms with Gasteiger partial charge in [-0.2, -0.15) is 8.42 Å². The Bertz CT molecular complexity index is 623. The van der Waals surface area contributed by atoms with Crippen LogP contribution < -0.4 is 0 Å². The Balaban J connectivity index is 0.000000456. The van der Waals surface area contributed by atoms with Crippen molar-refractivity contribution in [1.29, 1.82) is 0 Å². The largest absolute Gasteiger partial charge is 0.299 e. The molecule has 1 aliphatic rings. The van der Waals surface area contributed by atoms with E-state index in [1.807, 2.05) is 38.3 Å². The number of halogens is 1. The summed E-state index contributed by atoms with van der Waals surface area (Å²) in [5.74, 6) is 0.0975. The maximum absolute atomic E-state index is 11.5. The number of carbonyl (C=O) groups excluding carboxylic acids is 1. The molecule has 176 valence electrons. The van der Waals surface area contributed by atoms with Crippen LogP contribution >= 0.6 is 11.3 Å². The molecular formula is C23H41FO4S2. The normalized spacial score (nSPS) is 13.8. The maximum Gasteiger partial charge on any atom is 0.297 e. The Labute approximate surface area is 187 Å². The number of carbonyl (C=O) groups is 1. The number of rotatable bonds is 10. The second-order valence-electron chi connectivity index (χ2n) is 8.79. The van der Waals surface area contributed by atoms with Crippen LogP contribution in [-0.2, 0) is 25.7 Å². The van der Waals surface area contributed by atoms with Gasteiger partial charge in [0.05, 0.1) is 5.75 Å². The van der Waals surface area contributed by atoms with Crippen LogP contribution in [-0.4, -0.2) is 20.0 Å². The summed E-state index contributed by atoms with van der Waals surface area (Å²) < 4.78 is 35.1. The molecule has 0 amide bonds. The lowest BCUT2D eigenvalue weighted by molar-refractivity contribution is -0.125. The maximum atomic E-state index is 11.5. The molecule has 1 fully saturated rings. The minimum absolute atomic E-state index is 0.204. The minimum Gasteiger partial charge on any atom is -0.299 e. The predicted octanol–water partition coefficient (Wildman–Crippen LogP) is 7.43. The lowest BCUT2D eigenvalue weighted by Crippen LogP contribution is -2.21. The summed E-state index contributed by atoms with van der Waals surface area (Å²) in [7, 11) is -3.88. The van der Waals surface area contributed by atoms with Gasteiger partial charge in [0.1, 0.15) is 5.78 Å². The number of unbranched alkanes of at least 4 members (excludes halogenated alkanes) is 5. The van der Waals surface area contributed by atoms with Gasteiger partial charge in [-0.1, -0.05) is 102 Å². The first kappa shape index (κ1) is 29.2. The molecule has 1 aliphatic carbocycles. The first-order valence-electron chi connectivity index (χ1n) is 11.2. The second kappa shape index (κ2) is 16.8. The van der Waals surface area contributed by atoms with E-state index < -0.39 is 10.1 Å². The molecule has 1 saturated carbocycles. The number of ketones is 1. The standard InChI is InChI=1S/C10H14OS.C8H17FO3S.C5H10/c1-10(2,3)9(11)7-8-5-4-6-12-8;1-2-3-4-5-6-7-8-13(10,11)12-9;1-2-4-5-3-1/h4-6H,7H2,1-3H3;2-8H2,1H3;1-5H2. The molecule has 0 saturated heterocycles. The Morgan fingerprint density at radius 3 is 2.00 bits per heavy atom. The highest BCUT2D eigenvalue weighted by Crippen LogP contribution is 2.19. The highest BCUT2D eigenvalue weighted by Gasteiger charge is 2.21. The lowest BCUT2D eigenvalue weighted by atomic mass is 9.89. The average molecular weight is 465 g/mol. The van der Waals surface area contributed by atoms with Gasteiger partial charge in [-0.05, 0) is 22.4 Å². The fourth-order valence-electron chi connectivity index (χ4n) is 2.81. The smallest absolute Gasteiger partial charge is 0.297 e. The number of hydrogen-bond donors (Lipinski definition) is 0. The zero-order valence-electron chi connectivity index (χ0n) is 19.3. The van der Waals surface area contributed by atoms with Crippen molar-refractivity contribution < 1.29 is 22.1 Å². The van der Waals surface area contributed by atoms with Crippen LogP contribution in [0.25, 0.3) is 0 Å². The van der Waals surface area contributed by atoms with Gasteiger partial charge in [-0.15, -0.1) is 11.3 Å². The van der Waals surface area contributed by atoms with Gasteiger partial charge in [0.15, 0.2) is 0 Å². The topological polar surface area (TPSA) is 60.4 Å². The third kappa shape index (κ3) is 16.9. The van der Waals surface area contributed by atoms with Gasteiger partial charge in [0.2, 0.25) is 0 Å². The summed E-state index contributed by atoms with van der Waals surface area (Å²) in [6.07, 6.45) is 13.8. The molecule has 0 atom stereocenters. The van der Waals surface area contributed by atoms with Crippen molar-refractivity contribution in [3.8, 4) is 0 Å². The molecule has 7 heteroatoms. The summed E-state index contributed by atoms with van der Waals surface area (Å²) >= 11 is 1.65. The van der Waals surface area contributed by atoms with Gasteiger partial charge < -0.3 is 0 Å². The van der Waals surface area contributed by atoms with Crippen LogP contribution in [0.5, 0.6) is 0 Å². The molecule has 0 unspecified atom stereocenters. The van der Waals surface area contributed by atoms with Crippen LogP contribution in [0.3, 0.4) is 0 Å². The van der Waals surface area contributed by atoms with Crippen molar-refractivity contribution in [3.63, 3.8) is 0 Å². The van der Waals surface area contributed by atoms with Crippen molar-refractivity contribution in [2.24, 2.45) is 5.41 Å². The van der Waals surface area contributed by atoms with E-state index in [1.165, 1.54) is 38.5 Å². The summed E-state index contributed by atoms with van der Waals surface area (Å²) in [6, 6.07) is 3.99. The van der Waals surface area contributed by atoms with E-state index in [0.29, 0.717) is 18.6 Å². The molecule has 1 aromatic heterocycles. The molecule has 2 rings (SSSR count). The molecule has 4 nitrogen and oxygen atoms in total. The molecular weight excluding hydrogens is 423 g/mol. The van der Waals surface area contributed by atoms with Crippen molar-refractivity contribution in [2.45, 2.75) is 105 Å². The van der Waals surface area contributed by atoms with E-state index in [9.17, 15) is 17.7 Å². The summed E-state index contributed by atoms with van der Waals surface area (Å²) in [5.41, 5.74) is -0.204. The second-order valence-corrected chi connectivity index (χ2v) is 11.5. The molecule has 1 heterocycles. The Morgan fingerprint density at radius 2 is 1.57 bits per heavy atom. The zero-order valence-corrected chi connectivity index (χ0v) is 20.9. The van der Waals surface area contributed by atoms with Crippen molar-refractivity contribution in [2.75, 3.05) is 5.75 Å². The van der Waals surface area contributed by atoms with Gasteiger partial charge in [-0.25, -0.2) is 0 Å². The molecule has 0 spiro atoms. The van der Waals surface area contributed by atoms with Crippen molar-refractivity contribution >= 4 is 27.2 Å². The highest BCUT2D eigenvalue weighted by molar-refractivity contribution is 7.86. The highest BCUT2D eigenvalue weighted by atomic mass is 32.2. The molecule has 0 aliphatic heterocycles. The predicted molar refractivity (Wildman–Crippen MR) is 125 cm³/mol. The van der Waals surface area contributed by atoms with E-state index in [-0.39, 0.29) is 11.2 Å². The minimum atomic E-state index is -3.88. The Hall–Kier alpha value is -0.790. The van der Waals surface area contributed by atoms with Gasteiger partial charge in [0, 0.05) is 16.7 Å². The van der Waals surface area contributed by atoms with Gasteiger partial charge >= 0.3 is 0 Å². The van der Waals surface area contributed by atoms with Crippen LogP contribution in [0.4, 0.5) is 4.53 Å². The van der Waals surface area contributed by atoms with Gasteiger partial charge in [0.25, 0.3) is 10.1 Å². The zero-order chi connectivity index (χ0) is 22.9. The molecule has 0 bridgehead atoms. The first-order valence-corrected chi connectivity index (χ1v) is 13.7. The van der Waals surface area contributed by atoms with E-state index in [2.05, 4.69) is 11.3 Å². The summed E-state index contributed by atoms with van der Waals surface area (Å²) in [5, 5.41) is 2.01. The van der Waals surface area contributed by atoms with E-state index in [4.69, 9.17) is 0 Å². The number of Topliss-reactive ketones (excluding diaryl/α,β-unsaturated/α-hetero) is 1. The first-order chi connectivity index (χ1) is 14.1. The lowest BCUT2D eigenvalue weighted by Gasteiger charge is -2.15. The summed E-state index contributed by atoms with van der Waals surface area (Å²) in [4.78, 5) is 12.7. The number of thiophene rings is 1. The molecule has 0 aromatic carbocycles. The SMILES string of the molecule is C1CCCC1.CC(C)(C)C(=O)Cc1cccs1.CCCCCCCCS(=O)(=O)OF. The third-order valence-electron chi connectivity index (χ3n) is 4.85. The van der Waals surface area contributed by atoms with E-state index in [0.717, 1.165) is 30.6 Å². The molecule has 0 radical (unpaired) electrons. The quantitative estimate of drug-likeness (QED) is 0.338. The Morgan fingerprint density at radius 1 is 1.03 bits per heavy atom. The monoisotopic (exact) mass is 464 g/mol.